The fourth-order valence-electron chi connectivity index (χ4n) is 3.77. The van der Waals surface area contributed by atoms with Crippen molar-refractivity contribution in [2.45, 2.75) is 52.3 Å². The van der Waals surface area contributed by atoms with Crippen molar-refractivity contribution in [3.05, 3.63) is 59.2 Å². The molecular formula is C25H28N4O2S. The van der Waals surface area contributed by atoms with Gasteiger partial charge in [-0.15, -0.1) is 0 Å². The van der Waals surface area contributed by atoms with E-state index in [1.54, 1.807) is 4.90 Å². The SMILES string of the molecule is CC[C@H](C)[C@@H]1N=C2c3ccccc3N=C(S[C@@H](C)C(=O)Nc3cccc(C)c3C)N2C1=O. The Morgan fingerprint density at radius 1 is 1.16 bits per heavy atom. The van der Waals surface area contributed by atoms with E-state index >= 15 is 0 Å². The fraction of sp³-hybridized carbons (Fsp3) is 0.360. The first kappa shape index (κ1) is 22.3. The molecule has 2 aliphatic heterocycles. The molecule has 2 heterocycles. The zero-order chi connectivity index (χ0) is 23.0. The molecular weight excluding hydrogens is 420 g/mol. The number of hydrogen-bond donors (Lipinski definition) is 1. The van der Waals surface area contributed by atoms with Crippen molar-refractivity contribution in [3.8, 4) is 0 Å². The van der Waals surface area contributed by atoms with Gasteiger partial charge in [-0.3, -0.25) is 14.6 Å². The van der Waals surface area contributed by atoms with Crippen LogP contribution in [0.5, 0.6) is 0 Å². The Kier molecular flexibility index (Phi) is 6.20. The summed E-state index contributed by atoms with van der Waals surface area (Å²) in [6.07, 6.45) is 0.858. The van der Waals surface area contributed by atoms with E-state index in [2.05, 4.69) is 12.2 Å². The lowest BCUT2D eigenvalue weighted by atomic mass is 10.00. The van der Waals surface area contributed by atoms with Crippen LogP contribution in [0.15, 0.2) is 52.4 Å². The van der Waals surface area contributed by atoms with Gasteiger partial charge in [-0.05, 0) is 56.0 Å². The van der Waals surface area contributed by atoms with Gasteiger partial charge in [-0.25, -0.2) is 9.89 Å². The third-order valence-corrected chi connectivity index (χ3v) is 7.25. The lowest BCUT2D eigenvalue weighted by Crippen LogP contribution is -2.43. The van der Waals surface area contributed by atoms with Crippen LogP contribution in [-0.4, -0.2) is 39.0 Å². The Labute approximate surface area is 193 Å². The highest BCUT2D eigenvalue weighted by atomic mass is 32.2. The van der Waals surface area contributed by atoms with E-state index in [9.17, 15) is 9.59 Å². The molecule has 7 heteroatoms. The minimum Gasteiger partial charge on any atom is -0.325 e. The summed E-state index contributed by atoms with van der Waals surface area (Å²) in [6.45, 7) is 9.95. The van der Waals surface area contributed by atoms with Gasteiger partial charge < -0.3 is 5.32 Å². The predicted octanol–water partition coefficient (Wildman–Crippen LogP) is 5.07. The predicted molar refractivity (Wildman–Crippen MR) is 132 cm³/mol. The molecule has 0 aromatic heterocycles. The number of hydrogen-bond acceptors (Lipinski definition) is 5. The van der Waals surface area contributed by atoms with Gasteiger partial charge in [0.25, 0.3) is 5.91 Å². The number of nitrogens with one attached hydrogen (secondary N) is 1. The van der Waals surface area contributed by atoms with Gasteiger partial charge in [-0.2, -0.15) is 0 Å². The molecule has 2 aromatic rings. The number of nitrogens with zero attached hydrogens (tertiary/aromatic N) is 3. The zero-order valence-corrected chi connectivity index (χ0v) is 19.9. The quantitative estimate of drug-likeness (QED) is 0.694. The van der Waals surface area contributed by atoms with Crippen LogP contribution in [0.2, 0.25) is 0 Å². The highest BCUT2D eigenvalue weighted by molar-refractivity contribution is 8.15. The number of carbonyl (C=O) groups excluding carboxylic acids is 2. The molecule has 0 radical (unpaired) electrons. The number of amidine groups is 2. The molecule has 0 bridgehead atoms. The van der Waals surface area contributed by atoms with E-state index < -0.39 is 11.3 Å². The van der Waals surface area contributed by atoms with Crippen LogP contribution >= 0.6 is 11.8 Å². The van der Waals surface area contributed by atoms with Crippen molar-refractivity contribution in [2.75, 3.05) is 5.32 Å². The van der Waals surface area contributed by atoms with Gasteiger partial charge in [0.1, 0.15) is 11.9 Å². The van der Waals surface area contributed by atoms with E-state index in [1.807, 2.05) is 70.2 Å². The average molecular weight is 449 g/mol. The minimum absolute atomic E-state index is 0.0720. The second-order valence-corrected chi connectivity index (χ2v) is 9.67. The zero-order valence-electron chi connectivity index (χ0n) is 19.0. The van der Waals surface area contributed by atoms with E-state index in [-0.39, 0.29) is 17.7 Å². The highest BCUT2D eigenvalue weighted by Crippen LogP contribution is 2.36. The number of carbonyl (C=O) groups is 2. The number of aryl methyl sites for hydroxylation is 1. The maximum atomic E-state index is 13.3. The molecule has 0 saturated carbocycles. The number of thioether (sulfide) groups is 1. The first-order valence-corrected chi connectivity index (χ1v) is 11.8. The second kappa shape index (κ2) is 8.90. The van der Waals surface area contributed by atoms with Gasteiger partial charge in [0, 0.05) is 11.3 Å². The number of anilines is 1. The van der Waals surface area contributed by atoms with Crippen LogP contribution in [0.25, 0.3) is 0 Å². The number of aliphatic imine (C=N–C) groups is 2. The number of fused-ring (bicyclic) bond motifs is 3. The maximum Gasteiger partial charge on any atom is 0.259 e. The molecule has 4 rings (SSSR count). The molecule has 0 fully saturated rings. The molecule has 0 saturated heterocycles. The second-order valence-electron chi connectivity index (χ2n) is 8.37. The molecule has 2 aliphatic rings. The largest absolute Gasteiger partial charge is 0.325 e. The van der Waals surface area contributed by atoms with Crippen LogP contribution in [0.4, 0.5) is 11.4 Å². The van der Waals surface area contributed by atoms with Crippen molar-refractivity contribution >= 4 is 46.0 Å². The molecule has 2 amide bonds. The molecule has 2 aromatic carbocycles. The summed E-state index contributed by atoms with van der Waals surface area (Å²) in [6, 6.07) is 13.1. The van der Waals surface area contributed by atoms with Crippen LogP contribution in [0, 0.1) is 19.8 Å². The minimum atomic E-state index is -0.448. The van der Waals surface area contributed by atoms with Gasteiger partial charge >= 0.3 is 0 Å². The normalized spacial score (nSPS) is 19.0. The van der Waals surface area contributed by atoms with Crippen molar-refractivity contribution < 1.29 is 9.59 Å². The van der Waals surface area contributed by atoms with Crippen molar-refractivity contribution in [1.29, 1.82) is 0 Å². The van der Waals surface area contributed by atoms with Crippen LogP contribution in [0.3, 0.4) is 0 Å². The Hall–Kier alpha value is -2.93. The lowest BCUT2D eigenvalue weighted by molar-refractivity contribution is -0.125. The summed E-state index contributed by atoms with van der Waals surface area (Å²) in [7, 11) is 0. The van der Waals surface area contributed by atoms with E-state index in [0.29, 0.717) is 11.0 Å². The summed E-state index contributed by atoms with van der Waals surface area (Å²) in [5.41, 5.74) is 4.58. The number of benzene rings is 2. The van der Waals surface area contributed by atoms with E-state index in [1.165, 1.54) is 11.8 Å². The number of para-hydroxylation sites is 1. The molecule has 0 spiro atoms. The molecule has 3 atom stereocenters. The highest BCUT2D eigenvalue weighted by Gasteiger charge is 2.43. The lowest BCUT2D eigenvalue weighted by Gasteiger charge is -2.27. The van der Waals surface area contributed by atoms with E-state index in [4.69, 9.17) is 9.98 Å². The third kappa shape index (κ3) is 3.97. The smallest absolute Gasteiger partial charge is 0.259 e. The van der Waals surface area contributed by atoms with Crippen molar-refractivity contribution in [1.82, 2.24) is 4.90 Å². The Morgan fingerprint density at radius 2 is 1.91 bits per heavy atom. The van der Waals surface area contributed by atoms with Gasteiger partial charge in [0.2, 0.25) is 5.91 Å². The van der Waals surface area contributed by atoms with Crippen molar-refractivity contribution in [3.63, 3.8) is 0 Å². The molecule has 32 heavy (non-hydrogen) atoms. The first-order valence-electron chi connectivity index (χ1n) is 11.0. The average Bonchev–Trinajstić information content (AvgIpc) is 3.14. The topological polar surface area (TPSA) is 74.1 Å². The fourth-order valence-corrected chi connectivity index (χ4v) is 4.69. The molecule has 6 nitrogen and oxygen atoms in total. The summed E-state index contributed by atoms with van der Waals surface area (Å²) >= 11 is 1.29. The third-order valence-electron chi connectivity index (χ3n) is 6.20. The monoisotopic (exact) mass is 448 g/mol. The number of amides is 2. The standard InChI is InChI=1S/C25H28N4O2S/c1-6-14(2)21-24(31)29-22(28-21)18-11-7-8-12-20(18)27-25(29)32-17(5)23(30)26-19-13-9-10-15(3)16(19)4/h7-14,17,21H,6H2,1-5H3,(H,26,30)/t14-,17-,21-/m0/s1. The summed E-state index contributed by atoms with van der Waals surface area (Å²) in [5.74, 6) is 0.561. The van der Waals surface area contributed by atoms with Crippen molar-refractivity contribution in [2.24, 2.45) is 15.9 Å². The Bertz CT molecular complexity index is 1140. The Balaban J connectivity index is 1.61. The molecule has 1 N–H and O–H groups in total. The summed E-state index contributed by atoms with van der Waals surface area (Å²) in [4.78, 5) is 37.4. The molecule has 0 aliphatic carbocycles. The van der Waals surface area contributed by atoms with Gasteiger partial charge in [0.05, 0.1) is 10.9 Å². The summed E-state index contributed by atoms with van der Waals surface area (Å²) in [5, 5.41) is 3.07. The number of rotatable bonds is 5. The van der Waals surface area contributed by atoms with Crippen LogP contribution in [-0.2, 0) is 9.59 Å². The maximum absolute atomic E-state index is 13.3. The van der Waals surface area contributed by atoms with Crippen LogP contribution in [0.1, 0.15) is 43.9 Å². The van der Waals surface area contributed by atoms with Crippen LogP contribution < -0.4 is 5.32 Å². The van der Waals surface area contributed by atoms with Gasteiger partial charge in [0.15, 0.2) is 5.17 Å². The molecule has 166 valence electrons. The van der Waals surface area contributed by atoms with E-state index in [0.717, 1.165) is 34.5 Å². The Morgan fingerprint density at radius 3 is 2.66 bits per heavy atom. The van der Waals surface area contributed by atoms with Gasteiger partial charge in [-0.1, -0.05) is 56.3 Å². The first-order chi connectivity index (χ1) is 15.3. The molecule has 0 unspecified atom stereocenters. The summed E-state index contributed by atoms with van der Waals surface area (Å²) < 4.78 is 0.